The van der Waals surface area contributed by atoms with E-state index in [0.717, 1.165) is 32.3 Å². The number of pyridine rings is 1. The van der Waals surface area contributed by atoms with Crippen LogP contribution in [0.5, 0.6) is 0 Å². The largest absolute Gasteiger partial charge is 0.448 e. The van der Waals surface area contributed by atoms with Crippen molar-refractivity contribution in [1.29, 1.82) is 0 Å². The number of esters is 1. The van der Waals surface area contributed by atoms with Gasteiger partial charge in [0.05, 0.1) is 12.1 Å². The first-order chi connectivity index (χ1) is 23.0. The second kappa shape index (κ2) is 14.0. The Labute approximate surface area is 284 Å². The van der Waals surface area contributed by atoms with Gasteiger partial charge in [0, 0.05) is 34.0 Å². The minimum atomic E-state index is -0.747. The molecule has 4 heterocycles. The van der Waals surface area contributed by atoms with Crippen LogP contribution < -0.4 is 5.32 Å². The van der Waals surface area contributed by atoms with E-state index < -0.39 is 23.5 Å². The third-order valence-electron chi connectivity index (χ3n) is 7.75. The van der Waals surface area contributed by atoms with Crippen molar-refractivity contribution in [2.24, 2.45) is 0 Å². The Balaban J connectivity index is 1.18. The number of amides is 2. The molecule has 2 aliphatic rings. The smallest absolute Gasteiger partial charge is 0.356 e. The number of thiazole rings is 1. The fourth-order valence-corrected chi connectivity index (χ4v) is 8.93. The summed E-state index contributed by atoms with van der Waals surface area (Å²) in [5, 5.41) is 4.43. The van der Waals surface area contributed by atoms with Crippen LogP contribution in [-0.2, 0) is 25.5 Å². The van der Waals surface area contributed by atoms with Crippen LogP contribution in [-0.4, -0.2) is 49.8 Å². The Hall–Kier alpha value is -4.71. The van der Waals surface area contributed by atoms with E-state index >= 15 is 0 Å². The fraction of sp³-hybridized carbons (Fsp3) is 0.139. The molecule has 2 atom stereocenters. The molecule has 8 nitrogen and oxygen atoms in total. The van der Waals surface area contributed by atoms with Crippen LogP contribution in [0.1, 0.15) is 22.8 Å². The quantitative estimate of drug-likeness (QED) is 0.133. The van der Waals surface area contributed by atoms with Gasteiger partial charge in [0.15, 0.2) is 10.4 Å². The summed E-state index contributed by atoms with van der Waals surface area (Å²) >= 11 is 4.34. The molecule has 1 fully saturated rings. The number of nitrogens with one attached hydrogen (secondary N) is 1. The van der Waals surface area contributed by atoms with E-state index in [1.54, 1.807) is 12.4 Å². The molecule has 3 aromatic carbocycles. The van der Waals surface area contributed by atoms with Crippen LogP contribution in [0.2, 0.25) is 0 Å². The van der Waals surface area contributed by atoms with Gasteiger partial charge in [-0.25, -0.2) is 9.78 Å². The van der Waals surface area contributed by atoms with E-state index in [2.05, 4.69) is 10.3 Å². The van der Waals surface area contributed by atoms with E-state index in [4.69, 9.17) is 9.72 Å². The number of fused-ring (bicyclic) bond motifs is 1. The highest BCUT2D eigenvalue weighted by Gasteiger charge is 2.55. The van der Waals surface area contributed by atoms with Crippen LogP contribution in [0.3, 0.4) is 0 Å². The summed E-state index contributed by atoms with van der Waals surface area (Å²) in [5.74, 6) is -0.757. The number of carbonyl (C=O) groups is 3. The summed E-state index contributed by atoms with van der Waals surface area (Å²) < 4.78 is 7.01. The second-order valence-electron chi connectivity index (χ2n) is 10.8. The number of benzene rings is 3. The average Bonchev–Trinajstić information content (AvgIpc) is 3.59. The van der Waals surface area contributed by atoms with Crippen molar-refractivity contribution in [3.05, 3.63) is 148 Å². The lowest BCUT2D eigenvalue weighted by atomic mass is 10.0. The summed E-state index contributed by atoms with van der Waals surface area (Å²) in [6, 6.07) is 31.5. The number of hydrogen-bond donors (Lipinski definition) is 1. The summed E-state index contributed by atoms with van der Waals surface area (Å²) in [6.45, 7) is 0. The predicted molar refractivity (Wildman–Crippen MR) is 184 cm³/mol. The van der Waals surface area contributed by atoms with E-state index in [1.807, 2.05) is 109 Å². The average molecular weight is 677 g/mol. The molecule has 0 saturated carbocycles. The van der Waals surface area contributed by atoms with Gasteiger partial charge in [0.1, 0.15) is 17.1 Å². The molecular formula is C36H28N4O4S3. The van der Waals surface area contributed by atoms with Crippen molar-refractivity contribution in [1.82, 2.24) is 20.2 Å². The predicted octanol–water partition coefficient (Wildman–Crippen LogP) is 6.48. The van der Waals surface area contributed by atoms with Crippen LogP contribution in [0.25, 0.3) is 11.3 Å². The number of hydrogen-bond acceptors (Lipinski definition) is 9. The third kappa shape index (κ3) is 6.73. The van der Waals surface area contributed by atoms with Crippen molar-refractivity contribution >= 4 is 52.6 Å². The normalized spacial score (nSPS) is 17.2. The van der Waals surface area contributed by atoms with Gasteiger partial charge in [0.2, 0.25) is 5.91 Å². The topological polar surface area (TPSA) is 101 Å². The number of thioether (sulfide) groups is 2. The van der Waals surface area contributed by atoms with Gasteiger partial charge in [-0.3, -0.25) is 19.5 Å². The number of β-lactam (4-membered cyclic amide) rings is 1. The van der Waals surface area contributed by atoms with Gasteiger partial charge >= 0.3 is 5.97 Å². The van der Waals surface area contributed by atoms with Gasteiger partial charge in [-0.1, -0.05) is 103 Å². The van der Waals surface area contributed by atoms with Crippen molar-refractivity contribution < 1.29 is 19.1 Å². The second-order valence-corrected chi connectivity index (χ2v) is 14.1. The SMILES string of the molecule is O=C(Cc1ccccc1)N[C@@H]1C(=O)N2C(C(=O)OC(c3ccccc3)c3ccccc3)=C(Sc3nc(-c4ccncc4)cs3)CSC12. The minimum Gasteiger partial charge on any atom is -0.448 e. The fourth-order valence-electron chi connectivity index (χ4n) is 5.48. The lowest BCUT2D eigenvalue weighted by Crippen LogP contribution is -2.70. The van der Waals surface area contributed by atoms with Crippen LogP contribution in [0.4, 0.5) is 0 Å². The summed E-state index contributed by atoms with van der Waals surface area (Å²) in [4.78, 5) is 52.0. The number of nitrogens with zero attached hydrogens (tertiary/aromatic N) is 3. The maximum absolute atomic E-state index is 14.3. The standard InChI is InChI=1S/C36H28N4O4S3/c41-29(20-23-10-4-1-5-11-23)39-30-33(42)40-31(35(43)44-32(25-12-6-2-7-13-25)26-14-8-3-9-15-26)28(22-45-34(30)40)47-36-38-27(21-46-36)24-16-18-37-19-17-24/h1-19,21,30,32,34H,20,22H2,(H,39,41)/t30-,34?/m1/s1. The third-order valence-corrected chi connectivity index (χ3v) is 11.2. The van der Waals surface area contributed by atoms with Gasteiger partial charge in [-0.2, -0.15) is 0 Å². The van der Waals surface area contributed by atoms with Crippen molar-refractivity contribution in [2.75, 3.05) is 5.75 Å². The number of carbonyl (C=O) groups excluding carboxylic acids is 3. The molecule has 1 N–H and O–H groups in total. The molecule has 11 heteroatoms. The number of aromatic nitrogens is 2. The Morgan fingerprint density at radius 2 is 1.55 bits per heavy atom. The maximum atomic E-state index is 14.3. The molecule has 7 rings (SSSR count). The molecule has 2 aromatic heterocycles. The molecule has 1 unspecified atom stereocenters. The Bertz CT molecular complexity index is 1880. The van der Waals surface area contributed by atoms with Gasteiger partial charge in [-0.05, 0) is 28.8 Å². The molecular weight excluding hydrogens is 649 g/mol. The highest BCUT2D eigenvalue weighted by molar-refractivity contribution is 8.07. The Morgan fingerprint density at radius 1 is 0.915 bits per heavy atom. The number of rotatable bonds is 10. The van der Waals surface area contributed by atoms with Crippen molar-refractivity contribution in [3.63, 3.8) is 0 Å². The van der Waals surface area contributed by atoms with E-state index in [0.29, 0.717) is 10.7 Å². The van der Waals surface area contributed by atoms with Crippen molar-refractivity contribution in [3.8, 4) is 11.3 Å². The van der Waals surface area contributed by atoms with Gasteiger partial charge in [-0.15, -0.1) is 23.1 Å². The molecule has 2 amide bonds. The first-order valence-electron chi connectivity index (χ1n) is 14.9. The van der Waals surface area contributed by atoms with Crippen LogP contribution in [0, 0.1) is 0 Å². The lowest BCUT2D eigenvalue weighted by Gasteiger charge is -2.49. The monoisotopic (exact) mass is 676 g/mol. The zero-order valence-electron chi connectivity index (χ0n) is 24.9. The highest BCUT2D eigenvalue weighted by Crippen LogP contribution is 2.47. The molecule has 234 valence electrons. The molecule has 5 aromatic rings. The zero-order valence-corrected chi connectivity index (χ0v) is 27.3. The summed E-state index contributed by atoms with van der Waals surface area (Å²) in [5.41, 5.74) is 4.42. The first kappa shape index (κ1) is 30.9. The lowest BCUT2D eigenvalue weighted by molar-refractivity contribution is -0.154. The number of ether oxygens (including phenoxy) is 1. The molecule has 0 aliphatic carbocycles. The van der Waals surface area contributed by atoms with Crippen molar-refractivity contribution in [2.45, 2.75) is 28.3 Å². The Morgan fingerprint density at radius 3 is 2.21 bits per heavy atom. The van der Waals surface area contributed by atoms with E-state index in [1.165, 1.54) is 39.8 Å². The Kier molecular flexibility index (Phi) is 9.18. The summed E-state index contributed by atoms with van der Waals surface area (Å²) in [7, 11) is 0. The molecule has 47 heavy (non-hydrogen) atoms. The van der Waals surface area contributed by atoms with E-state index in [-0.39, 0.29) is 23.9 Å². The molecule has 2 aliphatic heterocycles. The van der Waals surface area contributed by atoms with E-state index in [9.17, 15) is 14.4 Å². The maximum Gasteiger partial charge on any atom is 0.356 e. The van der Waals surface area contributed by atoms with Gasteiger partial charge in [0.25, 0.3) is 5.91 Å². The minimum absolute atomic E-state index is 0.160. The molecule has 0 spiro atoms. The highest BCUT2D eigenvalue weighted by atomic mass is 32.2. The van der Waals surface area contributed by atoms with Crippen LogP contribution in [0.15, 0.2) is 136 Å². The van der Waals surface area contributed by atoms with Crippen LogP contribution >= 0.6 is 34.9 Å². The first-order valence-corrected chi connectivity index (χ1v) is 17.7. The van der Waals surface area contributed by atoms with Gasteiger partial charge < -0.3 is 10.1 Å². The zero-order chi connectivity index (χ0) is 32.2. The molecule has 0 bridgehead atoms. The molecule has 0 radical (unpaired) electrons. The molecule has 1 saturated heterocycles. The summed E-state index contributed by atoms with van der Waals surface area (Å²) in [6.07, 6.45) is 2.91.